The highest BCUT2D eigenvalue weighted by Crippen LogP contribution is 2.41. The molecular formula is C18H17NO7. The molecule has 3 rings (SSSR count). The first kappa shape index (κ1) is 17.6. The van der Waals surface area contributed by atoms with Crippen LogP contribution in [0.5, 0.6) is 11.5 Å². The number of nitrogens with two attached hydrogens (primary N) is 1. The zero-order valence-corrected chi connectivity index (χ0v) is 14.1. The molecule has 0 saturated carbocycles. The molecule has 2 heterocycles. The standard InChI is InChI=1S/C18H17NO7/c1-23-10-5-3-9(4-6-10)13-14(18(22)24-2)17(19)26-15-12(21)7-11(8-20)25-16(13)15/h3-7,13,20H,8,19H2,1-2H3. The fourth-order valence-electron chi connectivity index (χ4n) is 2.80. The quantitative estimate of drug-likeness (QED) is 0.776. The number of carbonyl (C=O) groups excluding carboxylic acids is 1. The second-order valence-electron chi connectivity index (χ2n) is 5.51. The van der Waals surface area contributed by atoms with Gasteiger partial charge in [0.05, 0.1) is 20.1 Å². The smallest absolute Gasteiger partial charge is 0.340 e. The largest absolute Gasteiger partial charge is 0.497 e. The highest BCUT2D eigenvalue weighted by Gasteiger charge is 2.39. The van der Waals surface area contributed by atoms with E-state index in [-0.39, 0.29) is 28.7 Å². The predicted molar refractivity (Wildman–Crippen MR) is 89.6 cm³/mol. The third-order valence-electron chi connectivity index (χ3n) is 4.02. The lowest BCUT2D eigenvalue weighted by atomic mass is 9.86. The molecule has 1 aromatic carbocycles. The first-order valence-electron chi connectivity index (χ1n) is 7.67. The van der Waals surface area contributed by atoms with Gasteiger partial charge in [0.1, 0.15) is 23.7 Å². The second kappa shape index (κ2) is 6.93. The van der Waals surface area contributed by atoms with Gasteiger partial charge in [0, 0.05) is 6.07 Å². The number of rotatable bonds is 4. The summed E-state index contributed by atoms with van der Waals surface area (Å²) in [7, 11) is 2.74. The lowest BCUT2D eigenvalue weighted by Crippen LogP contribution is -2.29. The average Bonchev–Trinajstić information content (AvgIpc) is 2.67. The molecule has 3 N–H and O–H groups in total. The second-order valence-corrected chi connectivity index (χ2v) is 5.51. The third-order valence-corrected chi connectivity index (χ3v) is 4.02. The van der Waals surface area contributed by atoms with Gasteiger partial charge in [0.2, 0.25) is 17.1 Å². The van der Waals surface area contributed by atoms with Gasteiger partial charge in [-0.2, -0.15) is 0 Å². The van der Waals surface area contributed by atoms with Crippen LogP contribution in [-0.4, -0.2) is 25.3 Å². The van der Waals surface area contributed by atoms with Crippen molar-refractivity contribution >= 4 is 5.97 Å². The van der Waals surface area contributed by atoms with Crippen molar-refractivity contribution in [1.82, 2.24) is 0 Å². The molecule has 26 heavy (non-hydrogen) atoms. The number of esters is 1. The normalized spacial score (nSPS) is 15.9. The van der Waals surface area contributed by atoms with Crippen LogP contribution >= 0.6 is 0 Å². The Morgan fingerprint density at radius 1 is 1.27 bits per heavy atom. The number of fused-ring (bicyclic) bond motifs is 1. The Morgan fingerprint density at radius 2 is 1.96 bits per heavy atom. The molecule has 1 atom stereocenters. The summed E-state index contributed by atoms with van der Waals surface area (Å²) in [5, 5.41) is 9.34. The van der Waals surface area contributed by atoms with Gasteiger partial charge in [-0.05, 0) is 17.7 Å². The molecule has 0 saturated heterocycles. The topological polar surface area (TPSA) is 121 Å². The van der Waals surface area contributed by atoms with Gasteiger partial charge < -0.3 is 29.5 Å². The van der Waals surface area contributed by atoms with E-state index >= 15 is 0 Å². The summed E-state index contributed by atoms with van der Waals surface area (Å²) in [5.41, 5.74) is 5.99. The van der Waals surface area contributed by atoms with Gasteiger partial charge in [-0.3, -0.25) is 4.79 Å². The molecule has 136 valence electrons. The predicted octanol–water partition coefficient (Wildman–Crippen LogP) is 1.01. The average molecular weight is 359 g/mol. The molecule has 0 radical (unpaired) electrons. The van der Waals surface area contributed by atoms with Crippen molar-refractivity contribution in [2.24, 2.45) is 5.73 Å². The van der Waals surface area contributed by atoms with E-state index < -0.39 is 23.9 Å². The summed E-state index contributed by atoms with van der Waals surface area (Å²) < 4.78 is 20.9. The first-order valence-corrected chi connectivity index (χ1v) is 7.67. The molecule has 8 nitrogen and oxygen atoms in total. The molecule has 0 aliphatic carbocycles. The number of benzene rings is 1. The van der Waals surface area contributed by atoms with Crippen LogP contribution in [0, 0.1) is 0 Å². The van der Waals surface area contributed by atoms with Crippen LogP contribution in [0.2, 0.25) is 0 Å². The van der Waals surface area contributed by atoms with Crippen LogP contribution in [0.3, 0.4) is 0 Å². The molecular weight excluding hydrogens is 342 g/mol. The summed E-state index contributed by atoms with van der Waals surface area (Å²) in [6, 6.07) is 7.92. The van der Waals surface area contributed by atoms with Crippen LogP contribution < -0.4 is 20.6 Å². The van der Waals surface area contributed by atoms with Gasteiger partial charge in [0.25, 0.3) is 0 Å². The van der Waals surface area contributed by atoms with E-state index in [0.717, 1.165) is 6.07 Å². The van der Waals surface area contributed by atoms with Crippen LogP contribution in [0.1, 0.15) is 23.0 Å². The Kier molecular flexibility index (Phi) is 4.68. The summed E-state index contributed by atoms with van der Waals surface area (Å²) in [6.07, 6.45) is 0. The van der Waals surface area contributed by atoms with Gasteiger partial charge in [-0.25, -0.2) is 4.79 Å². The Labute approximate surface area is 148 Å². The van der Waals surface area contributed by atoms with Crippen LogP contribution in [0.4, 0.5) is 0 Å². The summed E-state index contributed by atoms with van der Waals surface area (Å²) >= 11 is 0. The van der Waals surface area contributed by atoms with E-state index in [2.05, 4.69) is 0 Å². The van der Waals surface area contributed by atoms with Crippen molar-refractivity contribution in [2.45, 2.75) is 12.5 Å². The van der Waals surface area contributed by atoms with E-state index in [9.17, 15) is 14.7 Å². The molecule has 2 aromatic rings. The third kappa shape index (κ3) is 2.91. The fourth-order valence-corrected chi connectivity index (χ4v) is 2.80. The van der Waals surface area contributed by atoms with Gasteiger partial charge in [0.15, 0.2) is 5.76 Å². The van der Waals surface area contributed by atoms with Crippen molar-refractivity contribution in [3.05, 3.63) is 69.1 Å². The maximum absolute atomic E-state index is 12.3. The molecule has 0 bridgehead atoms. The Morgan fingerprint density at radius 3 is 2.54 bits per heavy atom. The highest BCUT2D eigenvalue weighted by molar-refractivity contribution is 5.92. The monoisotopic (exact) mass is 359 g/mol. The van der Waals surface area contributed by atoms with Crippen molar-refractivity contribution in [1.29, 1.82) is 0 Å². The Bertz CT molecular complexity index is 928. The minimum Gasteiger partial charge on any atom is -0.497 e. The number of ether oxygens (including phenoxy) is 3. The summed E-state index contributed by atoms with van der Waals surface area (Å²) in [5.74, 6) is -1.20. The maximum Gasteiger partial charge on any atom is 0.340 e. The van der Waals surface area contributed by atoms with Gasteiger partial charge >= 0.3 is 5.97 Å². The van der Waals surface area contributed by atoms with Crippen molar-refractivity contribution in [3.63, 3.8) is 0 Å². The highest BCUT2D eigenvalue weighted by atomic mass is 16.5. The number of methoxy groups -OCH3 is 2. The van der Waals surface area contributed by atoms with Crippen LogP contribution in [-0.2, 0) is 16.1 Å². The van der Waals surface area contributed by atoms with Gasteiger partial charge in [-0.15, -0.1) is 0 Å². The van der Waals surface area contributed by atoms with E-state index in [1.807, 2.05) is 0 Å². The van der Waals surface area contributed by atoms with Crippen molar-refractivity contribution in [2.75, 3.05) is 14.2 Å². The fraction of sp³-hybridized carbons (Fsp3) is 0.222. The SMILES string of the molecule is COC(=O)C1=C(N)Oc2c(oc(CO)cc2=O)C1c1ccc(OC)cc1. The molecule has 1 aliphatic rings. The number of hydrogen-bond acceptors (Lipinski definition) is 8. The van der Waals surface area contributed by atoms with Crippen LogP contribution in [0.15, 0.2) is 51.0 Å². The van der Waals surface area contributed by atoms with Crippen LogP contribution in [0.25, 0.3) is 0 Å². The minimum atomic E-state index is -0.837. The number of hydrogen-bond donors (Lipinski definition) is 2. The molecule has 0 amide bonds. The molecule has 0 fully saturated rings. The van der Waals surface area contributed by atoms with Gasteiger partial charge in [-0.1, -0.05) is 12.1 Å². The summed E-state index contributed by atoms with van der Waals surface area (Å²) in [6.45, 7) is -0.482. The van der Waals surface area contributed by atoms with E-state index in [1.54, 1.807) is 24.3 Å². The number of carbonyl (C=O) groups is 1. The minimum absolute atomic E-state index is 0.00315. The first-order chi connectivity index (χ1) is 12.5. The molecule has 1 aromatic heterocycles. The maximum atomic E-state index is 12.3. The molecule has 0 spiro atoms. The Balaban J connectivity index is 2.26. The van der Waals surface area contributed by atoms with E-state index in [0.29, 0.717) is 11.3 Å². The zero-order chi connectivity index (χ0) is 18.8. The molecule has 1 unspecified atom stereocenters. The number of aliphatic hydroxyl groups is 1. The lowest BCUT2D eigenvalue weighted by molar-refractivity contribution is -0.136. The van der Waals surface area contributed by atoms with Crippen molar-refractivity contribution < 1.29 is 28.5 Å². The molecule has 1 aliphatic heterocycles. The number of aliphatic hydroxyl groups excluding tert-OH is 1. The summed E-state index contributed by atoms with van der Waals surface area (Å²) in [4.78, 5) is 24.6. The Hall–Kier alpha value is -3.26. The van der Waals surface area contributed by atoms with E-state index in [1.165, 1.54) is 14.2 Å². The molecule has 8 heteroatoms. The zero-order valence-electron chi connectivity index (χ0n) is 14.1. The van der Waals surface area contributed by atoms with E-state index in [4.69, 9.17) is 24.4 Å². The lowest BCUT2D eigenvalue weighted by Gasteiger charge is -2.26. The van der Waals surface area contributed by atoms with Crippen molar-refractivity contribution in [3.8, 4) is 11.5 Å².